The van der Waals surface area contributed by atoms with Crippen LogP contribution in [0.25, 0.3) is 16.9 Å². The Labute approximate surface area is 121 Å². The van der Waals surface area contributed by atoms with Gasteiger partial charge < -0.3 is 10.7 Å². The van der Waals surface area contributed by atoms with Gasteiger partial charge in [-0.15, -0.1) is 0 Å². The van der Waals surface area contributed by atoms with Crippen molar-refractivity contribution in [3.63, 3.8) is 0 Å². The molecule has 0 spiro atoms. The van der Waals surface area contributed by atoms with Crippen LogP contribution in [0.15, 0.2) is 29.1 Å². The summed E-state index contributed by atoms with van der Waals surface area (Å²) >= 11 is 0. The van der Waals surface area contributed by atoms with E-state index in [2.05, 4.69) is 15.0 Å². The third-order valence-electron chi connectivity index (χ3n) is 3.12. The summed E-state index contributed by atoms with van der Waals surface area (Å²) in [5, 5.41) is 0. The van der Waals surface area contributed by atoms with Gasteiger partial charge in [0.15, 0.2) is 11.2 Å². The number of alkyl halides is 3. The van der Waals surface area contributed by atoms with Crippen molar-refractivity contribution in [1.82, 2.24) is 19.5 Å². The van der Waals surface area contributed by atoms with Crippen LogP contribution in [0.1, 0.15) is 11.4 Å². The van der Waals surface area contributed by atoms with Crippen LogP contribution >= 0.6 is 0 Å². The van der Waals surface area contributed by atoms with E-state index in [0.717, 1.165) is 10.6 Å². The highest BCUT2D eigenvalue weighted by Gasteiger charge is 2.34. The predicted octanol–water partition coefficient (Wildman–Crippen LogP) is 2.02. The van der Waals surface area contributed by atoms with E-state index in [4.69, 9.17) is 5.73 Å². The number of nitrogens with two attached hydrogens (primary N) is 1. The maximum absolute atomic E-state index is 13.2. The van der Waals surface area contributed by atoms with E-state index >= 15 is 0 Å². The summed E-state index contributed by atoms with van der Waals surface area (Å²) in [6.07, 6.45) is -4.59. The average molecular weight is 309 g/mol. The molecule has 22 heavy (non-hydrogen) atoms. The second kappa shape index (κ2) is 4.58. The van der Waals surface area contributed by atoms with Gasteiger partial charge >= 0.3 is 6.18 Å². The molecule has 1 aromatic carbocycles. The molecular formula is C13H10F3N5O. The van der Waals surface area contributed by atoms with Gasteiger partial charge in [0.1, 0.15) is 5.82 Å². The Bertz CT molecular complexity index is 926. The minimum Gasteiger partial charge on any atom is -0.369 e. The van der Waals surface area contributed by atoms with E-state index in [-0.39, 0.29) is 22.8 Å². The summed E-state index contributed by atoms with van der Waals surface area (Å²) in [6.45, 7) is 1.54. The lowest BCUT2D eigenvalue weighted by Crippen LogP contribution is -2.16. The molecule has 3 N–H and O–H groups in total. The first kappa shape index (κ1) is 14.1. The Hall–Kier alpha value is -2.84. The Kier molecular flexibility index (Phi) is 2.94. The summed E-state index contributed by atoms with van der Waals surface area (Å²) in [4.78, 5) is 22.4. The SMILES string of the molecule is Cc1nc2nc(N)n(-c3ccccc3C(F)(F)F)c2c(=O)[nH]1. The van der Waals surface area contributed by atoms with Gasteiger partial charge in [0.25, 0.3) is 5.56 Å². The molecule has 0 aliphatic heterocycles. The number of H-pyrrole nitrogens is 1. The number of nitrogens with one attached hydrogen (secondary N) is 1. The summed E-state index contributed by atoms with van der Waals surface area (Å²) in [5.74, 6) is 0.0570. The molecule has 0 aliphatic rings. The predicted molar refractivity (Wildman–Crippen MR) is 73.6 cm³/mol. The zero-order valence-corrected chi connectivity index (χ0v) is 11.3. The fourth-order valence-corrected chi connectivity index (χ4v) is 2.27. The van der Waals surface area contributed by atoms with Crippen LogP contribution in [-0.4, -0.2) is 19.5 Å². The van der Waals surface area contributed by atoms with Gasteiger partial charge in [0, 0.05) is 0 Å². The van der Waals surface area contributed by atoms with Crippen molar-refractivity contribution >= 4 is 17.1 Å². The average Bonchev–Trinajstić information content (AvgIpc) is 2.74. The van der Waals surface area contributed by atoms with Crippen molar-refractivity contribution in [3.8, 4) is 5.69 Å². The minimum atomic E-state index is -4.59. The normalized spacial score (nSPS) is 12.0. The maximum Gasteiger partial charge on any atom is 0.418 e. The number of imidazole rings is 1. The molecule has 0 unspecified atom stereocenters. The van der Waals surface area contributed by atoms with Crippen molar-refractivity contribution in [3.05, 3.63) is 46.0 Å². The smallest absolute Gasteiger partial charge is 0.369 e. The number of benzene rings is 1. The summed E-state index contributed by atoms with van der Waals surface area (Å²) in [5.41, 5.74) is 3.78. The van der Waals surface area contributed by atoms with Crippen LogP contribution in [0.3, 0.4) is 0 Å². The number of aromatic nitrogens is 4. The lowest BCUT2D eigenvalue weighted by Gasteiger charge is -2.14. The van der Waals surface area contributed by atoms with Crippen LogP contribution in [0.5, 0.6) is 0 Å². The zero-order chi connectivity index (χ0) is 16.1. The van der Waals surface area contributed by atoms with E-state index in [1.54, 1.807) is 6.92 Å². The number of rotatable bonds is 1. The number of para-hydroxylation sites is 1. The van der Waals surface area contributed by atoms with Gasteiger partial charge in [-0.2, -0.15) is 18.2 Å². The maximum atomic E-state index is 13.2. The molecule has 2 heterocycles. The highest BCUT2D eigenvalue weighted by molar-refractivity contribution is 5.77. The van der Waals surface area contributed by atoms with Crippen LogP contribution in [-0.2, 0) is 6.18 Å². The van der Waals surface area contributed by atoms with Crippen LogP contribution in [0.4, 0.5) is 19.1 Å². The second-order valence-electron chi connectivity index (χ2n) is 4.64. The van der Waals surface area contributed by atoms with Crippen molar-refractivity contribution in [2.75, 3.05) is 5.73 Å². The monoisotopic (exact) mass is 309 g/mol. The molecular weight excluding hydrogens is 299 g/mol. The molecule has 114 valence electrons. The van der Waals surface area contributed by atoms with E-state index in [9.17, 15) is 18.0 Å². The fraction of sp³-hybridized carbons (Fsp3) is 0.154. The first-order valence-corrected chi connectivity index (χ1v) is 6.20. The number of nitrogen functional groups attached to an aromatic ring is 1. The largest absolute Gasteiger partial charge is 0.418 e. The van der Waals surface area contributed by atoms with E-state index in [1.807, 2.05) is 0 Å². The number of aromatic amines is 1. The molecule has 0 atom stereocenters. The quantitative estimate of drug-likeness (QED) is 0.719. The molecule has 6 nitrogen and oxygen atoms in total. The Morgan fingerprint density at radius 2 is 1.91 bits per heavy atom. The Morgan fingerprint density at radius 3 is 2.59 bits per heavy atom. The molecule has 3 aromatic rings. The van der Waals surface area contributed by atoms with Gasteiger partial charge in [0.2, 0.25) is 5.95 Å². The molecule has 0 saturated heterocycles. The lowest BCUT2D eigenvalue weighted by atomic mass is 10.1. The van der Waals surface area contributed by atoms with Crippen molar-refractivity contribution < 1.29 is 13.2 Å². The first-order chi connectivity index (χ1) is 10.3. The molecule has 0 bridgehead atoms. The Balaban J connectivity index is 2.43. The molecule has 3 rings (SSSR count). The molecule has 0 fully saturated rings. The summed E-state index contributed by atoms with van der Waals surface area (Å²) in [6, 6.07) is 4.82. The standard InChI is InChI=1S/C13H10F3N5O/c1-6-18-10-9(11(22)19-6)21(12(17)20-10)8-5-3-2-4-7(8)13(14,15)16/h2-5H,1H3,(H3,17,18,19,20,22). The van der Waals surface area contributed by atoms with Crippen molar-refractivity contribution in [1.29, 1.82) is 0 Å². The number of nitrogens with zero attached hydrogens (tertiary/aromatic N) is 3. The van der Waals surface area contributed by atoms with Gasteiger partial charge in [0.05, 0.1) is 11.3 Å². The summed E-state index contributed by atoms with van der Waals surface area (Å²) < 4.78 is 40.4. The zero-order valence-electron chi connectivity index (χ0n) is 11.3. The number of fused-ring (bicyclic) bond motifs is 1. The molecule has 2 aromatic heterocycles. The van der Waals surface area contributed by atoms with Gasteiger partial charge in [-0.1, -0.05) is 12.1 Å². The van der Waals surface area contributed by atoms with E-state index < -0.39 is 17.3 Å². The topological polar surface area (TPSA) is 89.6 Å². The van der Waals surface area contributed by atoms with Gasteiger partial charge in [-0.05, 0) is 19.1 Å². The molecule has 0 aliphatic carbocycles. The fourth-order valence-electron chi connectivity index (χ4n) is 2.27. The van der Waals surface area contributed by atoms with Crippen LogP contribution < -0.4 is 11.3 Å². The highest BCUT2D eigenvalue weighted by Crippen LogP contribution is 2.35. The molecule has 0 amide bonds. The number of halogens is 3. The van der Waals surface area contributed by atoms with Crippen molar-refractivity contribution in [2.45, 2.75) is 13.1 Å². The number of hydrogen-bond acceptors (Lipinski definition) is 4. The number of hydrogen-bond donors (Lipinski definition) is 2. The highest BCUT2D eigenvalue weighted by atomic mass is 19.4. The third kappa shape index (κ3) is 2.10. The van der Waals surface area contributed by atoms with Crippen molar-refractivity contribution in [2.24, 2.45) is 0 Å². The molecule has 0 radical (unpaired) electrons. The van der Waals surface area contributed by atoms with E-state index in [0.29, 0.717) is 5.82 Å². The van der Waals surface area contributed by atoms with Gasteiger partial charge in [-0.3, -0.25) is 9.36 Å². The number of anilines is 1. The second-order valence-corrected chi connectivity index (χ2v) is 4.64. The molecule has 0 saturated carbocycles. The molecule has 9 heteroatoms. The van der Waals surface area contributed by atoms with E-state index in [1.165, 1.54) is 18.2 Å². The Morgan fingerprint density at radius 1 is 1.23 bits per heavy atom. The van der Waals surface area contributed by atoms with Crippen LogP contribution in [0.2, 0.25) is 0 Å². The first-order valence-electron chi connectivity index (χ1n) is 6.20. The van der Waals surface area contributed by atoms with Gasteiger partial charge in [-0.25, -0.2) is 4.98 Å². The summed E-state index contributed by atoms with van der Waals surface area (Å²) in [7, 11) is 0. The van der Waals surface area contributed by atoms with Crippen LogP contribution in [0, 0.1) is 6.92 Å². The third-order valence-corrected chi connectivity index (χ3v) is 3.12. The lowest BCUT2D eigenvalue weighted by molar-refractivity contribution is -0.137. The number of aryl methyl sites for hydroxylation is 1. The minimum absolute atomic E-state index is 0.00396.